The molecule has 140 valence electrons. The fourth-order valence-electron chi connectivity index (χ4n) is 3.43. The van der Waals surface area contributed by atoms with Crippen molar-refractivity contribution < 1.29 is 4.79 Å². The van der Waals surface area contributed by atoms with Gasteiger partial charge < -0.3 is 5.32 Å². The van der Waals surface area contributed by atoms with Gasteiger partial charge in [-0.1, -0.05) is 18.9 Å². The van der Waals surface area contributed by atoms with E-state index in [9.17, 15) is 9.59 Å². The highest BCUT2D eigenvalue weighted by Crippen LogP contribution is 2.32. The van der Waals surface area contributed by atoms with Crippen molar-refractivity contribution in [2.24, 2.45) is 0 Å². The van der Waals surface area contributed by atoms with E-state index in [1.807, 2.05) is 17.5 Å². The largest absolute Gasteiger partial charge is 0.349 e. The molecule has 0 unspecified atom stereocenters. The zero-order valence-electron chi connectivity index (χ0n) is 14.9. The fourth-order valence-corrected chi connectivity index (χ4v) is 4.12. The van der Waals surface area contributed by atoms with E-state index in [-0.39, 0.29) is 11.5 Å². The number of hydrogen-bond acceptors (Lipinski definition) is 5. The maximum absolute atomic E-state index is 12.3. The van der Waals surface area contributed by atoms with Crippen LogP contribution in [0.1, 0.15) is 47.8 Å². The summed E-state index contributed by atoms with van der Waals surface area (Å²) in [5.41, 5.74) is 1.98. The Morgan fingerprint density at radius 3 is 2.93 bits per heavy atom. The average Bonchev–Trinajstić information content (AvgIpc) is 3.43. The van der Waals surface area contributed by atoms with E-state index < -0.39 is 0 Å². The van der Waals surface area contributed by atoms with Crippen LogP contribution >= 0.6 is 11.3 Å². The molecule has 1 aliphatic carbocycles. The second-order valence-corrected chi connectivity index (χ2v) is 7.67. The van der Waals surface area contributed by atoms with Crippen LogP contribution in [0.15, 0.2) is 40.8 Å². The molecule has 0 aromatic carbocycles. The molecule has 0 atom stereocenters. The number of thiophene rings is 1. The molecule has 1 aliphatic rings. The molecule has 8 heteroatoms. The first-order chi connectivity index (χ1) is 13.2. The smallest absolute Gasteiger partial charge is 0.271 e. The number of nitrogens with one attached hydrogen (secondary N) is 2. The topological polar surface area (TPSA) is 92.7 Å². The van der Waals surface area contributed by atoms with Gasteiger partial charge in [0.2, 0.25) is 0 Å². The summed E-state index contributed by atoms with van der Waals surface area (Å²) >= 11 is 1.58. The minimum atomic E-state index is -0.266. The average molecular weight is 383 g/mol. The lowest BCUT2D eigenvalue weighted by Gasteiger charge is -2.10. The minimum Gasteiger partial charge on any atom is -0.349 e. The predicted molar refractivity (Wildman–Crippen MR) is 104 cm³/mol. The van der Waals surface area contributed by atoms with Crippen molar-refractivity contribution in [3.63, 3.8) is 0 Å². The van der Waals surface area contributed by atoms with Gasteiger partial charge in [-0.3, -0.25) is 19.3 Å². The van der Waals surface area contributed by atoms with E-state index in [2.05, 4.69) is 20.5 Å². The van der Waals surface area contributed by atoms with Crippen molar-refractivity contribution >= 4 is 17.2 Å². The lowest BCUT2D eigenvalue weighted by Crippen LogP contribution is -2.31. The van der Waals surface area contributed by atoms with E-state index in [4.69, 9.17) is 0 Å². The van der Waals surface area contributed by atoms with Gasteiger partial charge in [0.15, 0.2) is 5.69 Å². The molecule has 1 saturated carbocycles. The van der Waals surface area contributed by atoms with Crippen LogP contribution in [-0.4, -0.2) is 32.2 Å². The number of nitrogens with zero attached hydrogens (tertiary/aromatic N) is 3. The molecule has 3 aromatic heterocycles. The zero-order chi connectivity index (χ0) is 18.6. The van der Waals surface area contributed by atoms with E-state index in [1.54, 1.807) is 29.8 Å². The third-order valence-electron chi connectivity index (χ3n) is 4.91. The van der Waals surface area contributed by atoms with Crippen LogP contribution in [0.25, 0.3) is 10.6 Å². The predicted octanol–water partition coefficient (Wildman–Crippen LogP) is 2.78. The van der Waals surface area contributed by atoms with Crippen molar-refractivity contribution in [1.82, 2.24) is 25.1 Å². The maximum atomic E-state index is 12.3. The molecule has 7 nitrogen and oxygen atoms in total. The first-order valence-electron chi connectivity index (χ1n) is 9.14. The van der Waals surface area contributed by atoms with Gasteiger partial charge in [0.1, 0.15) is 0 Å². The molecular weight excluding hydrogens is 362 g/mol. The van der Waals surface area contributed by atoms with Gasteiger partial charge in [0.25, 0.3) is 11.5 Å². The fraction of sp³-hybridized carbons (Fsp3) is 0.368. The van der Waals surface area contributed by atoms with Crippen LogP contribution in [0.2, 0.25) is 0 Å². The number of carbonyl (C=O) groups excluding carboxylic acids is 1. The number of rotatable bonds is 6. The Bertz CT molecular complexity index is 970. The Morgan fingerprint density at radius 1 is 1.33 bits per heavy atom. The van der Waals surface area contributed by atoms with E-state index in [0.717, 1.165) is 29.1 Å². The van der Waals surface area contributed by atoms with Crippen molar-refractivity contribution in [3.05, 3.63) is 57.7 Å². The highest BCUT2D eigenvalue weighted by molar-refractivity contribution is 7.13. The number of amides is 1. The second-order valence-electron chi connectivity index (χ2n) is 6.73. The molecule has 27 heavy (non-hydrogen) atoms. The van der Waals surface area contributed by atoms with E-state index in [0.29, 0.717) is 24.7 Å². The van der Waals surface area contributed by atoms with Crippen LogP contribution < -0.4 is 10.9 Å². The molecule has 1 amide bonds. The first-order valence-corrected chi connectivity index (χ1v) is 10.0. The van der Waals surface area contributed by atoms with Gasteiger partial charge in [0, 0.05) is 25.1 Å². The first kappa shape index (κ1) is 17.7. The maximum Gasteiger partial charge on any atom is 0.271 e. The molecule has 2 N–H and O–H groups in total. The number of aromatic nitrogens is 4. The summed E-state index contributed by atoms with van der Waals surface area (Å²) in [6.45, 7) is 0.717. The van der Waals surface area contributed by atoms with Gasteiger partial charge >= 0.3 is 0 Å². The van der Waals surface area contributed by atoms with Crippen molar-refractivity contribution in [2.75, 3.05) is 6.54 Å². The normalized spacial score (nSPS) is 14.5. The lowest BCUT2D eigenvalue weighted by molar-refractivity contribution is 0.0947. The number of aromatic amines is 1. The summed E-state index contributed by atoms with van der Waals surface area (Å²) in [5.74, 6) is 0.155. The second kappa shape index (κ2) is 7.87. The Morgan fingerprint density at radius 2 is 2.19 bits per heavy atom. The van der Waals surface area contributed by atoms with Crippen LogP contribution in [0.3, 0.4) is 0 Å². The molecule has 3 heterocycles. The SMILES string of the molecule is O=C(NCCn1cnc(C2CCCC2)cc1=O)c1cc(-c2cccs2)[nH]n1. The minimum absolute atomic E-state index is 0.0686. The highest BCUT2D eigenvalue weighted by Gasteiger charge is 2.19. The third kappa shape index (κ3) is 4.00. The number of carbonyl (C=O) groups is 1. The number of H-pyrrole nitrogens is 1. The van der Waals surface area contributed by atoms with E-state index in [1.165, 1.54) is 17.4 Å². The van der Waals surface area contributed by atoms with Crippen LogP contribution in [0.4, 0.5) is 0 Å². The van der Waals surface area contributed by atoms with Crippen molar-refractivity contribution in [3.8, 4) is 10.6 Å². The summed E-state index contributed by atoms with van der Waals surface area (Å²) in [6.07, 6.45) is 6.24. The van der Waals surface area contributed by atoms with Gasteiger partial charge in [-0.25, -0.2) is 4.98 Å². The van der Waals surface area contributed by atoms with Crippen LogP contribution in [0, 0.1) is 0 Å². The van der Waals surface area contributed by atoms with Gasteiger partial charge in [0.05, 0.1) is 22.6 Å². The highest BCUT2D eigenvalue weighted by atomic mass is 32.1. The van der Waals surface area contributed by atoms with E-state index >= 15 is 0 Å². The molecule has 0 aliphatic heterocycles. The Hall–Kier alpha value is -2.74. The van der Waals surface area contributed by atoms with Gasteiger partial charge in [-0.15, -0.1) is 11.3 Å². The molecule has 0 radical (unpaired) electrons. The molecule has 3 aromatic rings. The van der Waals surface area contributed by atoms with Gasteiger partial charge in [-0.2, -0.15) is 5.10 Å². The number of hydrogen-bond donors (Lipinski definition) is 2. The Labute approximate surface area is 160 Å². The molecule has 0 saturated heterocycles. The summed E-state index contributed by atoms with van der Waals surface area (Å²) in [7, 11) is 0. The molecule has 1 fully saturated rings. The monoisotopic (exact) mass is 383 g/mol. The molecule has 0 spiro atoms. The molecule has 0 bridgehead atoms. The summed E-state index contributed by atoms with van der Waals surface area (Å²) < 4.78 is 1.53. The molecular formula is C19H21N5O2S. The summed E-state index contributed by atoms with van der Waals surface area (Å²) in [5, 5.41) is 11.7. The van der Waals surface area contributed by atoms with Crippen LogP contribution in [0.5, 0.6) is 0 Å². The van der Waals surface area contributed by atoms with Crippen molar-refractivity contribution in [2.45, 2.75) is 38.1 Å². The van der Waals surface area contributed by atoms with Gasteiger partial charge in [-0.05, 0) is 30.4 Å². The zero-order valence-corrected chi connectivity index (χ0v) is 15.7. The van der Waals surface area contributed by atoms with Crippen LogP contribution in [-0.2, 0) is 6.54 Å². The lowest BCUT2D eigenvalue weighted by atomic mass is 10.0. The summed E-state index contributed by atoms with van der Waals surface area (Å²) in [4.78, 5) is 30.0. The Kier molecular flexibility index (Phi) is 5.15. The Balaban J connectivity index is 1.33. The quantitative estimate of drug-likeness (QED) is 0.684. The standard InChI is InChI=1S/C19H21N5O2S/c25-18-11-14(13-4-1-2-5-13)21-12-24(18)8-7-20-19(26)16-10-15(22-23-16)17-6-3-9-27-17/h3,6,9-13H,1-2,4-5,7-8H2,(H,20,26)(H,22,23). The molecule has 4 rings (SSSR count). The van der Waals surface area contributed by atoms with Crippen molar-refractivity contribution in [1.29, 1.82) is 0 Å². The third-order valence-corrected chi connectivity index (χ3v) is 5.81. The summed E-state index contributed by atoms with van der Waals surface area (Å²) in [6, 6.07) is 7.28.